The molecule has 0 bridgehead atoms. The summed E-state index contributed by atoms with van der Waals surface area (Å²) in [6.45, 7) is 2.29. The van der Waals surface area contributed by atoms with Crippen LogP contribution in [0.5, 0.6) is 0 Å². The summed E-state index contributed by atoms with van der Waals surface area (Å²) < 4.78 is 4.89. The molecular weight excluding hydrogens is 284 g/mol. The van der Waals surface area contributed by atoms with E-state index >= 15 is 0 Å². The molecule has 2 nitrogen and oxygen atoms in total. The van der Waals surface area contributed by atoms with Crippen LogP contribution < -0.4 is 0 Å². The minimum Gasteiger partial charge on any atom is -0.466 e. The summed E-state index contributed by atoms with van der Waals surface area (Å²) in [4.78, 5) is 11.2. The highest BCUT2D eigenvalue weighted by Gasteiger charge is 1.98. The van der Waals surface area contributed by atoms with Gasteiger partial charge in [0.1, 0.15) is 0 Å². The van der Waals surface area contributed by atoms with E-state index in [0.29, 0.717) is 13.0 Å². The summed E-state index contributed by atoms with van der Waals surface area (Å²) in [5, 5.41) is 0. The van der Waals surface area contributed by atoms with Crippen molar-refractivity contribution in [1.29, 1.82) is 0 Å². The van der Waals surface area contributed by atoms with Gasteiger partial charge in [-0.15, -0.1) is 0 Å². The van der Waals surface area contributed by atoms with Crippen molar-refractivity contribution < 1.29 is 9.53 Å². The fourth-order valence-corrected chi connectivity index (χ4v) is 2.41. The predicted molar refractivity (Wildman–Crippen MR) is 95.2 cm³/mol. The Balaban J connectivity index is 1.73. The van der Waals surface area contributed by atoms with Gasteiger partial charge >= 0.3 is 5.97 Å². The Labute approximate surface area is 138 Å². The molecule has 0 heterocycles. The van der Waals surface area contributed by atoms with Crippen LogP contribution in [-0.4, -0.2) is 12.6 Å². The average Bonchev–Trinajstić information content (AvgIpc) is 2.59. The van der Waals surface area contributed by atoms with Gasteiger partial charge in [-0.05, 0) is 42.9 Å². The number of carbonyl (C=O) groups excluding carboxylic acids is 1. The van der Waals surface area contributed by atoms with Crippen molar-refractivity contribution in [2.75, 3.05) is 6.61 Å². The molecule has 0 amide bonds. The van der Waals surface area contributed by atoms with E-state index in [1.807, 2.05) is 13.0 Å². The molecule has 120 valence electrons. The maximum atomic E-state index is 11.2. The van der Waals surface area contributed by atoms with Crippen LogP contribution in [0.25, 0.3) is 11.1 Å². The second-order valence-corrected chi connectivity index (χ2v) is 5.42. The molecule has 0 aliphatic heterocycles. The lowest BCUT2D eigenvalue weighted by Crippen LogP contribution is -2.02. The SMILES string of the molecule is CCOC(=O)CCC=CCCc1ccc(-c2ccccc2)cc1. The van der Waals surface area contributed by atoms with Gasteiger partial charge in [-0.25, -0.2) is 0 Å². The van der Waals surface area contributed by atoms with E-state index in [9.17, 15) is 4.79 Å². The summed E-state index contributed by atoms with van der Waals surface area (Å²) in [6, 6.07) is 19.1. The monoisotopic (exact) mass is 308 g/mol. The zero-order valence-corrected chi connectivity index (χ0v) is 13.7. The Morgan fingerprint density at radius 2 is 1.57 bits per heavy atom. The number of ether oxygens (including phenoxy) is 1. The van der Waals surface area contributed by atoms with Gasteiger partial charge in [-0.2, -0.15) is 0 Å². The number of aryl methyl sites for hydroxylation is 1. The fourth-order valence-electron chi connectivity index (χ4n) is 2.41. The van der Waals surface area contributed by atoms with Crippen molar-refractivity contribution in [3.63, 3.8) is 0 Å². The highest BCUT2D eigenvalue weighted by Crippen LogP contribution is 2.19. The van der Waals surface area contributed by atoms with Crippen molar-refractivity contribution in [3.8, 4) is 11.1 Å². The molecule has 0 atom stereocenters. The Kier molecular flexibility index (Phi) is 7.12. The van der Waals surface area contributed by atoms with E-state index in [-0.39, 0.29) is 5.97 Å². The molecule has 2 aromatic carbocycles. The quantitative estimate of drug-likeness (QED) is 0.496. The molecule has 0 saturated carbocycles. The average molecular weight is 308 g/mol. The van der Waals surface area contributed by atoms with Crippen molar-refractivity contribution in [3.05, 3.63) is 72.3 Å². The van der Waals surface area contributed by atoms with Crippen LogP contribution in [-0.2, 0) is 16.0 Å². The van der Waals surface area contributed by atoms with Crippen LogP contribution in [0.3, 0.4) is 0 Å². The van der Waals surface area contributed by atoms with Gasteiger partial charge in [0.15, 0.2) is 0 Å². The number of esters is 1. The summed E-state index contributed by atoms with van der Waals surface area (Å²) in [6.07, 6.45) is 7.44. The van der Waals surface area contributed by atoms with Crippen LogP contribution in [0.2, 0.25) is 0 Å². The van der Waals surface area contributed by atoms with E-state index in [1.165, 1.54) is 16.7 Å². The first kappa shape index (κ1) is 17.0. The predicted octanol–water partition coefficient (Wildman–Crippen LogP) is 5.19. The topological polar surface area (TPSA) is 26.3 Å². The van der Waals surface area contributed by atoms with Gasteiger partial charge in [0.2, 0.25) is 0 Å². The molecule has 23 heavy (non-hydrogen) atoms. The highest BCUT2D eigenvalue weighted by molar-refractivity contribution is 5.69. The van der Waals surface area contributed by atoms with Crippen LogP contribution in [0, 0.1) is 0 Å². The van der Waals surface area contributed by atoms with Gasteiger partial charge in [-0.3, -0.25) is 4.79 Å². The Bertz CT molecular complexity index is 612. The molecule has 0 radical (unpaired) electrons. The molecule has 0 aliphatic carbocycles. The minimum atomic E-state index is -0.117. The van der Waals surface area contributed by atoms with Gasteiger partial charge in [0, 0.05) is 6.42 Å². The van der Waals surface area contributed by atoms with Crippen molar-refractivity contribution >= 4 is 5.97 Å². The zero-order chi connectivity index (χ0) is 16.3. The lowest BCUT2D eigenvalue weighted by atomic mass is 10.0. The molecular formula is C21H24O2. The number of hydrogen-bond donors (Lipinski definition) is 0. The van der Waals surface area contributed by atoms with E-state index in [0.717, 1.165) is 19.3 Å². The van der Waals surface area contributed by atoms with Crippen molar-refractivity contribution in [2.24, 2.45) is 0 Å². The molecule has 0 aromatic heterocycles. The number of benzene rings is 2. The fraction of sp³-hybridized carbons (Fsp3) is 0.286. The summed E-state index contributed by atoms with van der Waals surface area (Å²) in [5.41, 5.74) is 3.83. The first-order valence-corrected chi connectivity index (χ1v) is 8.24. The largest absolute Gasteiger partial charge is 0.466 e. The first-order valence-electron chi connectivity index (χ1n) is 8.24. The van der Waals surface area contributed by atoms with E-state index in [2.05, 4.69) is 60.7 Å². The second-order valence-electron chi connectivity index (χ2n) is 5.42. The van der Waals surface area contributed by atoms with Crippen LogP contribution in [0.4, 0.5) is 0 Å². The molecule has 2 aromatic rings. The third-order valence-electron chi connectivity index (χ3n) is 3.65. The summed E-state index contributed by atoms with van der Waals surface area (Å²) in [7, 11) is 0. The molecule has 2 rings (SSSR count). The van der Waals surface area contributed by atoms with E-state index in [1.54, 1.807) is 0 Å². The van der Waals surface area contributed by atoms with Gasteiger partial charge in [0.25, 0.3) is 0 Å². The van der Waals surface area contributed by atoms with Gasteiger partial charge < -0.3 is 4.74 Å². The standard InChI is InChI=1S/C21H24O2/c1-2-23-21(22)13-9-4-3-6-10-18-14-16-20(17-15-18)19-11-7-5-8-12-19/h3-5,7-8,11-12,14-17H,2,6,9-10,13H2,1H3. The van der Waals surface area contributed by atoms with Crippen LogP contribution in [0.15, 0.2) is 66.7 Å². The van der Waals surface area contributed by atoms with Crippen LogP contribution >= 0.6 is 0 Å². The molecule has 0 fully saturated rings. The van der Waals surface area contributed by atoms with Crippen molar-refractivity contribution in [2.45, 2.75) is 32.6 Å². The number of hydrogen-bond acceptors (Lipinski definition) is 2. The van der Waals surface area contributed by atoms with Crippen LogP contribution in [0.1, 0.15) is 31.7 Å². The second kappa shape index (κ2) is 9.62. The lowest BCUT2D eigenvalue weighted by molar-refractivity contribution is -0.142. The van der Waals surface area contributed by atoms with E-state index in [4.69, 9.17) is 4.74 Å². The smallest absolute Gasteiger partial charge is 0.306 e. The van der Waals surface area contributed by atoms with Gasteiger partial charge in [0.05, 0.1) is 6.61 Å². The summed E-state index contributed by atoms with van der Waals surface area (Å²) in [5.74, 6) is -0.117. The zero-order valence-electron chi connectivity index (χ0n) is 13.7. The van der Waals surface area contributed by atoms with E-state index < -0.39 is 0 Å². The number of allylic oxidation sites excluding steroid dienone is 2. The summed E-state index contributed by atoms with van der Waals surface area (Å²) >= 11 is 0. The number of carbonyl (C=O) groups is 1. The normalized spacial score (nSPS) is 10.8. The van der Waals surface area contributed by atoms with Gasteiger partial charge in [-0.1, -0.05) is 66.7 Å². The Hall–Kier alpha value is -2.35. The highest BCUT2D eigenvalue weighted by atomic mass is 16.5. The maximum Gasteiger partial charge on any atom is 0.306 e. The molecule has 0 saturated heterocycles. The third-order valence-corrected chi connectivity index (χ3v) is 3.65. The van der Waals surface area contributed by atoms with Crippen molar-refractivity contribution in [1.82, 2.24) is 0 Å². The molecule has 0 spiro atoms. The third kappa shape index (κ3) is 6.11. The lowest BCUT2D eigenvalue weighted by Gasteiger charge is -2.03. The molecule has 0 aliphatic rings. The minimum absolute atomic E-state index is 0.117. The maximum absolute atomic E-state index is 11.2. The Morgan fingerprint density at radius 1 is 0.913 bits per heavy atom. The first-order chi connectivity index (χ1) is 11.3. The number of rotatable bonds is 8. The molecule has 0 N–H and O–H groups in total. The molecule has 0 unspecified atom stereocenters. The molecule has 2 heteroatoms. The Morgan fingerprint density at radius 3 is 2.26 bits per heavy atom.